The molecule has 0 bridgehead atoms. The van der Waals surface area contributed by atoms with Crippen LogP contribution in [0.1, 0.15) is 18.1 Å². The first-order chi connectivity index (χ1) is 12.9. The van der Waals surface area contributed by atoms with E-state index in [4.69, 9.17) is 0 Å². The Labute approximate surface area is 153 Å². The van der Waals surface area contributed by atoms with Crippen LogP contribution in [0.2, 0.25) is 0 Å². The maximum absolute atomic E-state index is 12.7. The molecule has 1 unspecified atom stereocenters. The SMILES string of the molecule is CC1Cc2ccccc2N1c1nncc(Nc2ccc(C(F)(F)F)cc2)n1. The predicted octanol–water partition coefficient (Wildman–Crippen LogP) is 4.72. The molecule has 2 heterocycles. The molecule has 1 aromatic heterocycles. The summed E-state index contributed by atoms with van der Waals surface area (Å²) in [6, 6.07) is 13.0. The summed E-state index contributed by atoms with van der Waals surface area (Å²) in [6.07, 6.45) is -2.04. The summed E-state index contributed by atoms with van der Waals surface area (Å²) >= 11 is 0. The lowest BCUT2D eigenvalue weighted by molar-refractivity contribution is -0.137. The van der Waals surface area contributed by atoms with Gasteiger partial charge in [0.05, 0.1) is 11.8 Å². The molecule has 2 aromatic carbocycles. The number of anilines is 4. The number of nitrogens with one attached hydrogen (secondary N) is 1. The number of hydrogen-bond donors (Lipinski definition) is 1. The molecule has 0 saturated heterocycles. The average molecular weight is 371 g/mol. The van der Waals surface area contributed by atoms with E-state index in [9.17, 15) is 13.2 Å². The molecule has 1 N–H and O–H groups in total. The zero-order valence-corrected chi connectivity index (χ0v) is 14.4. The van der Waals surface area contributed by atoms with Gasteiger partial charge >= 0.3 is 6.18 Å². The van der Waals surface area contributed by atoms with Crippen molar-refractivity contribution in [1.82, 2.24) is 15.2 Å². The predicted molar refractivity (Wildman–Crippen MR) is 96.3 cm³/mol. The van der Waals surface area contributed by atoms with Crippen LogP contribution in [-0.4, -0.2) is 21.2 Å². The van der Waals surface area contributed by atoms with Gasteiger partial charge in [-0.1, -0.05) is 18.2 Å². The van der Waals surface area contributed by atoms with Gasteiger partial charge in [0.2, 0.25) is 0 Å². The summed E-state index contributed by atoms with van der Waals surface area (Å²) in [7, 11) is 0. The molecule has 4 rings (SSSR count). The van der Waals surface area contributed by atoms with Crippen LogP contribution in [0.3, 0.4) is 0 Å². The highest BCUT2D eigenvalue weighted by molar-refractivity contribution is 5.68. The third kappa shape index (κ3) is 3.42. The molecule has 8 heteroatoms. The Hall–Kier alpha value is -3.16. The molecule has 3 aromatic rings. The number of alkyl halides is 3. The number of nitrogens with zero attached hydrogens (tertiary/aromatic N) is 4. The maximum Gasteiger partial charge on any atom is 0.416 e. The van der Waals surface area contributed by atoms with Gasteiger partial charge < -0.3 is 10.2 Å². The van der Waals surface area contributed by atoms with Gasteiger partial charge in [0.1, 0.15) is 0 Å². The molecule has 0 amide bonds. The first kappa shape index (κ1) is 17.3. The number of benzene rings is 2. The van der Waals surface area contributed by atoms with Gasteiger partial charge in [0.25, 0.3) is 5.95 Å². The molecule has 0 radical (unpaired) electrons. The Balaban J connectivity index is 1.58. The van der Waals surface area contributed by atoms with Crippen molar-refractivity contribution < 1.29 is 13.2 Å². The van der Waals surface area contributed by atoms with Gasteiger partial charge in [-0.3, -0.25) is 0 Å². The number of para-hydroxylation sites is 1. The van der Waals surface area contributed by atoms with E-state index in [1.807, 2.05) is 23.1 Å². The number of rotatable bonds is 3. The highest BCUT2D eigenvalue weighted by Gasteiger charge is 2.30. The average Bonchev–Trinajstić information content (AvgIpc) is 2.97. The summed E-state index contributed by atoms with van der Waals surface area (Å²) in [6.45, 7) is 2.08. The number of aromatic nitrogens is 3. The quantitative estimate of drug-likeness (QED) is 0.722. The molecular weight excluding hydrogens is 355 g/mol. The summed E-state index contributed by atoms with van der Waals surface area (Å²) in [5.74, 6) is 0.862. The minimum Gasteiger partial charge on any atom is -0.339 e. The van der Waals surface area contributed by atoms with Gasteiger partial charge in [-0.15, -0.1) is 5.10 Å². The van der Waals surface area contributed by atoms with Crippen molar-refractivity contribution in [2.75, 3.05) is 10.2 Å². The topological polar surface area (TPSA) is 53.9 Å². The van der Waals surface area contributed by atoms with Gasteiger partial charge in [-0.25, -0.2) is 0 Å². The minimum atomic E-state index is -4.36. The van der Waals surface area contributed by atoms with Crippen LogP contribution in [0.15, 0.2) is 54.7 Å². The highest BCUT2D eigenvalue weighted by Crippen LogP contribution is 2.36. The molecule has 138 valence electrons. The van der Waals surface area contributed by atoms with E-state index in [1.54, 1.807) is 0 Å². The van der Waals surface area contributed by atoms with E-state index in [-0.39, 0.29) is 6.04 Å². The molecule has 5 nitrogen and oxygen atoms in total. The minimum absolute atomic E-state index is 0.186. The standard InChI is InChI=1S/C19H16F3N5/c1-12-10-13-4-2-3-5-16(13)27(12)18-25-17(11-23-26-18)24-15-8-6-14(7-9-15)19(20,21)22/h2-9,11-12H,10H2,1H3,(H,24,25,26). The van der Waals surface area contributed by atoms with Crippen molar-refractivity contribution in [2.45, 2.75) is 25.6 Å². The first-order valence-electron chi connectivity index (χ1n) is 8.43. The second-order valence-corrected chi connectivity index (χ2v) is 6.39. The van der Waals surface area contributed by atoms with Crippen LogP contribution >= 0.6 is 0 Å². The van der Waals surface area contributed by atoms with Gasteiger partial charge in [0, 0.05) is 17.4 Å². The summed E-state index contributed by atoms with van der Waals surface area (Å²) < 4.78 is 38.0. The monoisotopic (exact) mass is 371 g/mol. The van der Waals surface area contributed by atoms with E-state index < -0.39 is 11.7 Å². The van der Waals surface area contributed by atoms with Crippen molar-refractivity contribution in [3.05, 3.63) is 65.9 Å². The van der Waals surface area contributed by atoms with Crippen molar-refractivity contribution in [3.63, 3.8) is 0 Å². The fourth-order valence-electron chi connectivity index (χ4n) is 3.22. The van der Waals surface area contributed by atoms with Gasteiger partial charge in [-0.05, 0) is 49.2 Å². The molecule has 0 spiro atoms. The lowest BCUT2D eigenvalue weighted by Crippen LogP contribution is -2.26. The summed E-state index contributed by atoms with van der Waals surface area (Å²) in [5.41, 5.74) is 2.05. The fraction of sp³-hybridized carbons (Fsp3) is 0.211. The van der Waals surface area contributed by atoms with E-state index in [0.717, 1.165) is 24.2 Å². The van der Waals surface area contributed by atoms with Crippen molar-refractivity contribution in [2.24, 2.45) is 0 Å². The Morgan fingerprint density at radius 3 is 2.56 bits per heavy atom. The highest BCUT2D eigenvalue weighted by atomic mass is 19.4. The Morgan fingerprint density at radius 1 is 1.07 bits per heavy atom. The van der Waals surface area contributed by atoms with Crippen molar-refractivity contribution in [3.8, 4) is 0 Å². The third-order valence-electron chi connectivity index (χ3n) is 4.46. The van der Waals surface area contributed by atoms with E-state index in [1.165, 1.54) is 23.9 Å². The van der Waals surface area contributed by atoms with Crippen molar-refractivity contribution in [1.29, 1.82) is 0 Å². The molecular formula is C19H16F3N5. The molecule has 27 heavy (non-hydrogen) atoms. The van der Waals surface area contributed by atoms with Crippen LogP contribution in [-0.2, 0) is 12.6 Å². The van der Waals surface area contributed by atoms with E-state index in [0.29, 0.717) is 17.5 Å². The molecule has 1 aliphatic heterocycles. The Kier molecular flexibility index (Phi) is 4.18. The molecule has 1 aliphatic rings. The largest absolute Gasteiger partial charge is 0.416 e. The molecule has 1 atom stereocenters. The fourth-order valence-corrected chi connectivity index (χ4v) is 3.22. The molecule has 0 saturated carbocycles. The molecule has 0 fully saturated rings. The van der Waals surface area contributed by atoms with Crippen LogP contribution in [0, 0.1) is 0 Å². The van der Waals surface area contributed by atoms with Crippen LogP contribution < -0.4 is 10.2 Å². The number of hydrogen-bond acceptors (Lipinski definition) is 5. The smallest absolute Gasteiger partial charge is 0.339 e. The Morgan fingerprint density at radius 2 is 1.81 bits per heavy atom. The second-order valence-electron chi connectivity index (χ2n) is 6.39. The van der Waals surface area contributed by atoms with E-state index >= 15 is 0 Å². The third-order valence-corrected chi connectivity index (χ3v) is 4.46. The van der Waals surface area contributed by atoms with E-state index in [2.05, 4.69) is 33.5 Å². The Bertz CT molecular complexity index is 956. The van der Waals surface area contributed by atoms with Crippen LogP contribution in [0.5, 0.6) is 0 Å². The van der Waals surface area contributed by atoms with Crippen LogP contribution in [0.25, 0.3) is 0 Å². The maximum atomic E-state index is 12.7. The second kappa shape index (κ2) is 6.53. The molecule has 0 aliphatic carbocycles. The van der Waals surface area contributed by atoms with Gasteiger partial charge in [0.15, 0.2) is 5.82 Å². The summed E-state index contributed by atoms with van der Waals surface area (Å²) in [4.78, 5) is 6.50. The summed E-state index contributed by atoms with van der Waals surface area (Å²) in [5, 5.41) is 11.1. The van der Waals surface area contributed by atoms with Crippen LogP contribution in [0.4, 0.5) is 36.3 Å². The number of halogens is 3. The lowest BCUT2D eigenvalue weighted by atomic mass is 10.1. The normalized spacial score (nSPS) is 16.3. The number of fused-ring (bicyclic) bond motifs is 1. The lowest BCUT2D eigenvalue weighted by Gasteiger charge is -2.22. The van der Waals surface area contributed by atoms with Gasteiger partial charge in [-0.2, -0.15) is 23.3 Å². The zero-order valence-electron chi connectivity index (χ0n) is 14.4. The first-order valence-corrected chi connectivity index (χ1v) is 8.43. The van der Waals surface area contributed by atoms with Crippen molar-refractivity contribution >= 4 is 23.1 Å². The zero-order chi connectivity index (χ0) is 19.0.